The van der Waals surface area contributed by atoms with Gasteiger partial charge in [0.25, 0.3) is 4.96 Å². The first-order valence-corrected chi connectivity index (χ1v) is 7.93. The Morgan fingerprint density at radius 1 is 1.60 bits per heavy atom. The maximum atomic E-state index is 11.3. The van der Waals surface area contributed by atoms with Gasteiger partial charge in [0, 0.05) is 11.4 Å². The summed E-state index contributed by atoms with van der Waals surface area (Å²) >= 11 is 1.41. The molecule has 2 unspecified atom stereocenters. The zero-order valence-electron chi connectivity index (χ0n) is 11.4. The van der Waals surface area contributed by atoms with E-state index in [2.05, 4.69) is 17.2 Å². The molecule has 0 spiro atoms. The van der Waals surface area contributed by atoms with Crippen molar-refractivity contribution in [3.63, 3.8) is 0 Å². The third-order valence-electron chi connectivity index (χ3n) is 4.11. The molecule has 0 saturated heterocycles. The maximum Gasteiger partial charge on any atom is 0.372 e. The van der Waals surface area contributed by atoms with Gasteiger partial charge in [-0.2, -0.15) is 9.38 Å². The normalized spacial score (nSPS) is 23.1. The first-order chi connectivity index (χ1) is 9.69. The van der Waals surface area contributed by atoms with Crippen LogP contribution in [-0.2, 0) is 0 Å². The van der Waals surface area contributed by atoms with Crippen molar-refractivity contribution in [2.75, 3.05) is 5.32 Å². The number of nitrogens with zero attached hydrogens (tertiary/aromatic N) is 3. The van der Waals surface area contributed by atoms with Crippen molar-refractivity contribution in [1.29, 1.82) is 0 Å². The van der Waals surface area contributed by atoms with Crippen LogP contribution in [0.2, 0.25) is 0 Å². The van der Waals surface area contributed by atoms with Crippen molar-refractivity contribution in [2.45, 2.75) is 45.1 Å². The molecule has 6 nitrogen and oxygen atoms in total. The first kappa shape index (κ1) is 13.4. The van der Waals surface area contributed by atoms with Crippen molar-refractivity contribution in [1.82, 2.24) is 9.38 Å². The fourth-order valence-corrected chi connectivity index (χ4v) is 3.74. The average Bonchev–Trinajstić information content (AvgIpc) is 2.98. The largest absolute Gasteiger partial charge is 0.372 e. The molecule has 2 aromatic rings. The molecule has 1 aliphatic rings. The molecule has 2 atom stereocenters. The zero-order valence-corrected chi connectivity index (χ0v) is 12.2. The number of hydrogen-bond donors (Lipinski definition) is 1. The van der Waals surface area contributed by atoms with Gasteiger partial charge < -0.3 is 15.4 Å². The van der Waals surface area contributed by atoms with E-state index in [1.165, 1.54) is 30.6 Å². The summed E-state index contributed by atoms with van der Waals surface area (Å²) in [5.41, 5.74) is 0. The van der Waals surface area contributed by atoms with Gasteiger partial charge in [-0.15, -0.1) is 0 Å². The van der Waals surface area contributed by atoms with E-state index in [9.17, 15) is 10.1 Å². The highest BCUT2D eigenvalue weighted by molar-refractivity contribution is 7.15. The topological polar surface area (TPSA) is 72.5 Å². The molecule has 0 aromatic carbocycles. The summed E-state index contributed by atoms with van der Waals surface area (Å²) in [5, 5.41) is 16.4. The van der Waals surface area contributed by atoms with E-state index in [1.807, 2.05) is 5.38 Å². The molecular formula is C13H18N4O2S. The molecular weight excluding hydrogens is 276 g/mol. The van der Waals surface area contributed by atoms with E-state index in [0.29, 0.717) is 16.8 Å². The zero-order chi connectivity index (χ0) is 14.1. The standard InChI is InChI=1S/C13H18N4O2S/c1-2-9-4-3-5-10(8-9)14-11-12(17(18)19)16-6-7-20-13(16)15-11/h6-7,9-10,14H,2-5,8H2,1H3. The number of thiazole rings is 1. The second-order valence-corrected chi connectivity index (χ2v) is 6.25. The van der Waals surface area contributed by atoms with E-state index < -0.39 is 0 Å². The molecule has 0 bridgehead atoms. The van der Waals surface area contributed by atoms with Gasteiger partial charge in [0.05, 0.1) is 0 Å². The Morgan fingerprint density at radius 3 is 3.20 bits per heavy atom. The Morgan fingerprint density at radius 2 is 2.45 bits per heavy atom. The SMILES string of the molecule is CCC1CCCC(Nc2nc3sccn3c2[N+](=O)[O-])C1. The van der Waals surface area contributed by atoms with Gasteiger partial charge in [0.1, 0.15) is 6.20 Å². The summed E-state index contributed by atoms with van der Waals surface area (Å²) in [6.07, 6.45) is 7.49. The molecule has 1 saturated carbocycles. The Kier molecular flexibility index (Phi) is 3.60. The number of hydrogen-bond acceptors (Lipinski definition) is 5. The summed E-state index contributed by atoms with van der Waals surface area (Å²) in [6.45, 7) is 2.21. The summed E-state index contributed by atoms with van der Waals surface area (Å²) in [4.78, 5) is 16.0. The molecule has 1 N–H and O–H groups in total. The van der Waals surface area contributed by atoms with Crippen LogP contribution in [0.4, 0.5) is 11.6 Å². The highest BCUT2D eigenvalue weighted by Crippen LogP contribution is 2.32. The number of aromatic nitrogens is 2. The Labute approximate surface area is 121 Å². The van der Waals surface area contributed by atoms with Gasteiger partial charge >= 0.3 is 5.82 Å². The lowest BCUT2D eigenvalue weighted by molar-refractivity contribution is -0.389. The highest BCUT2D eigenvalue weighted by atomic mass is 32.1. The number of anilines is 1. The Bertz CT molecular complexity index is 621. The second kappa shape index (κ2) is 5.40. The van der Waals surface area contributed by atoms with Crippen LogP contribution in [0.3, 0.4) is 0 Å². The summed E-state index contributed by atoms with van der Waals surface area (Å²) < 4.78 is 1.55. The predicted octanol–water partition coefficient (Wildman–Crippen LogP) is 3.68. The lowest BCUT2D eigenvalue weighted by atomic mass is 9.84. The van der Waals surface area contributed by atoms with Crippen molar-refractivity contribution in [3.05, 3.63) is 21.7 Å². The third-order valence-corrected chi connectivity index (χ3v) is 4.87. The monoisotopic (exact) mass is 294 g/mol. The van der Waals surface area contributed by atoms with Crippen LogP contribution in [0.5, 0.6) is 0 Å². The number of rotatable bonds is 4. The minimum atomic E-state index is -0.352. The summed E-state index contributed by atoms with van der Waals surface area (Å²) in [5.74, 6) is 1.20. The predicted molar refractivity (Wildman–Crippen MR) is 79.4 cm³/mol. The molecule has 0 amide bonds. The Hall–Kier alpha value is -1.63. The quantitative estimate of drug-likeness (QED) is 0.689. The van der Waals surface area contributed by atoms with Gasteiger partial charge in [0.2, 0.25) is 5.82 Å². The molecule has 2 aromatic heterocycles. The third kappa shape index (κ3) is 2.37. The average molecular weight is 294 g/mol. The number of nitro groups is 1. The van der Waals surface area contributed by atoms with Crippen LogP contribution in [0.15, 0.2) is 11.6 Å². The lowest BCUT2D eigenvalue weighted by Crippen LogP contribution is -2.27. The first-order valence-electron chi connectivity index (χ1n) is 7.05. The fourth-order valence-electron chi connectivity index (χ4n) is 3.03. The van der Waals surface area contributed by atoms with E-state index in [-0.39, 0.29) is 10.7 Å². The molecule has 1 fully saturated rings. The van der Waals surface area contributed by atoms with Crippen molar-refractivity contribution in [2.24, 2.45) is 5.92 Å². The summed E-state index contributed by atoms with van der Waals surface area (Å²) in [6, 6.07) is 0.303. The van der Waals surface area contributed by atoms with Crippen LogP contribution in [0.1, 0.15) is 39.0 Å². The molecule has 0 radical (unpaired) electrons. The van der Waals surface area contributed by atoms with E-state index in [0.717, 1.165) is 18.8 Å². The molecule has 7 heteroatoms. The van der Waals surface area contributed by atoms with Gasteiger partial charge in [0.15, 0.2) is 0 Å². The number of imidazole rings is 1. The minimum Gasteiger partial charge on any atom is -0.360 e. The molecule has 2 heterocycles. The molecule has 3 rings (SSSR count). The van der Waals surface area contributed by atoms with E-state index in [4.69, 9.17) is 0 Å². The van der Waals surface area contributed by atoms with Crippen molar-refractivity contribution < 1.29 is 4.92 Å². The van der Waals surface area contributed by atoms with Crippen LogP contribution in [0.25, 0.3) is 4.96 Å². The van der Waals surface area contributed by atoms with Crippen LogP contribution >= 0.6 is 11.3 Å². The molecule has 0 aliphatic heterocycles. The minimum absolute atomic E-state index is 0.0554. The highest BCUT2D eigenvalue weighted by Gasteiger charge is 2.27. The number of nitrogens with one attached hydrogen (secondary N) is 1. The number of fused-ring (bicyclic) bond motifs is 1. The van der Waals surface area contributed by atoms with Crippen LogP contribution < -0.4 is 5.32 Å². The van der Waals surface area contributed by atoms with Gasteiger partial charge in [-0.1, -0.05) is 37.5 Å². The Balaban J connectivity index is 1.84. The van der Waals surface area contributed by atoms with Gasteiger partial charge in [-0.3, -0.25) is 0 Å². The van der Waals surface area contributed by atoms with Crippen LogP contribution in [0, 0.1) is 16.0 Å². The smallest absolute Gasteiger partial charge is 0.360 e. The molecule has 20 heavy (non-hydrogen) atoms. The molecule has 108 valence electrons. The van der Waals surface area contributed by atoms with Gasteiger partial charge in [-0.05, 0) is 23.7 Å². The maximum absolute atomic E-state index is 11.3. The van der Waals surface area contributed by atoms with E-state index in [1.54, 1.807) is 10.6 Å². The lowest BCUT2D eigenvalue weighted by Gasteiger charge is -2.28. The van der Waals surface area contributed by atoms with Gasteiger partial charge in [-0.25, -0.2) is 0 Å². The summed E-state index contributed by atoms with van der Waals surface area (Å²) in [7, 11) is 0. The van der Waals surface area contributed by atoms with Crippen molar-refractivity contribution >= 4 is 27.9 Å². The second-order valence-electron chi connectivity index (χ2n) is 5.38. The molecule has 1 aliphatic carbocycles. The fraction of sp³-hybridized carbons (Fsp3) is 0.615. The van der Waals surface area contributed by atoms with Crippen LogP contribution in [-0.4, -0.2) is 20.3 Å². The van der Waals surface area contributed by atoms with E-state index >= 15 is 0 Å². The van der Waals surface area contributed by atoms with Crippen molar-refractivity contribution in [3.8, 4) is 0 Å².